The van der Waals surface area contributed by atoms with E-state index in [9.17, 15) is 24.3 Å². The highest BCUT2D eigenvalue weighted by Gasteiger charge is 2.40. The Hall–Kier alpha value is -5.69. The largest absolute Gasteiger partial charge is 0.464 e. The third-order valence-electron chi connectivity index (χ3n) is 11.3. The quantitative estimate of drug-likeness (QED) is 0.0368. The zero-order valence-electron chi connectivity index (χ0n) is 36.9. The number of amides is 3. The molecule has 0 unspecified atom stereocenters. The lowest BCUT2D eigenvalue weighted by Crippen LogP contribution is -2.60. The van der Waals surface area contributed by atoms with Gasteiger partial charge in [-0.25, -0.2) is 9.59 Å². The molecule has 0 saturated heterocycles. The summed E-state index contributed by atoms with van der Waals surface area (Å²) in [5, 5.41) is 19.3. The fourth-order valence-electron chi connectivity index (χ4n) is 7.89. The summed E-state index contributed by atoms with van der Waals surface area (Å²) in [6.45, 7) is 11.7. The van der Waals surface area contributed by atoms with Gasteiger partial charge in [-0.05, 0) is 57.8 Å². The van der Waals surface area contributed by atoms with Gasteiger partial charge in [-0.3, -0.25) is 9.59 Å². The lowest BCUT2D eigenvalue weighted by molar-refractivity contribution is -0.149. The number of aliphatic hydroxyl groups excluding tert-OH is 1. The molecule has 4 atom stereocenters. The number of aliphatic hydroxyl groups is 1. The Morgan fingerprint density at radius 2 is 1.10 bits per heavy atom. The molecule has 1 aliphatic carbocycles. The van der Waals surface area contributed by atoms with Gasteiger partial charge in [-0.15, -0.1) is 11.8 Å². The van der Waals surface area contributed by atoms with Crippen molar-refractivity contribution in [3.8, 4) is 11.1 Å². The highest BCUT2D eigenvalue weighted by molar-refractivity contribution is 8.00. The van der Waals surface area contributed by atoms with Crippen LogP contribution in [-0.2, 0) is 28.6 Å². The second-order valence-corrected chi connectivity index (χ2v) is 24.4. The average Bonchev–Trinajstić information content (AvgIpc) is 3.60. The van der Waals surface area contributed by atoms with Crippen molar-refractivity contribution in [1.82, 2.24) is 16.0 Å². The summed E-state index contributed by atoms with van der Waals surface area (Å²) in [4.78, 5) is 55.8. The highest BCUT2D eigenvalue weighted by Crippen LogP contribution is 2.49. The molecule has 5 aromatic carbocycles. The summed E-state index contributed by atoms with van der Waals surface area (Å²) in [7, 11) is -1.50. The zero-order valence-corrected chi connectivity index (χ0v) is 38.7. The molecule has 4 N–H and O–H groups in total. The van der Waals surface area contributed by atoms with Gasteiger partial charge in [0.1, 0.15) is 24.7 Å². The predicted octanol–water partition coefficient (Wildman–Crippen LogP) is 8.51. The van der Waals surface area contributed by atoms with Crippen LogP contribution in [0.1, 0.15) is 54.5 Å². The van der Waals surface area contributed by atoms with E-state index in [2.05, 4.69) is 47.7 Å². The van der Waals surface area contributed by atoms with Crippen molar-refractivity contribution < 1.29 is 33.8 Å². The van der Waals surface area contributed by atoms with E-state index >= 15 is 0 Å². The number of rotatable bonds is 19. The predicted molar refractivity (Wildman–Crippen MR) is 253 cm³/mol. The van der Waals surface area contributed by atoms with Crippen LogP contribution < -0.4 is 16.0 Å². The number of hydrogen-bond acceptors (Lipinski definition) is 8. The number of nitrogens with one attached hydrogen (secondary N) is 3. The number of benzene rings is 5. The van der Waals surface area contributed by atoms with E-state index < -0.39 is 60.9 Å². The Morgan fingerprint density at radius 1 is 0.635 bits per heavy atom. The molecule has 3 amide bonds. The van der Waals surface area contributed by atoms with Crippen LogP contribution in [0, 0.1) is 5.92 Å². The summed E-state index contributed by atoms with van der Waals surface area (Å²) in [6, 6.07) is 42.9. The van der Waals surface area contributed by atoms with Crippen molar-refractivity contribution in [2.24, 2.45) is 5.92 Å². The van der Waals surface area contributed by atoms with Crippen LogP contribution in [0.5, 0.6) is 0 Å². The van der Waals surface area contributed by atoms with Crippen molar-refractivity contribution >= 4 is 43.7 Å². The maximum atomic E-state index is 14.6. The molecule has 0 saturated carbocycles. The van der Waals surface area contributed by atoms with Crippen LogP contribution in [-0.4, -0.2) is 80.3 Å². The van der Waals surface area contributed by atoms with Gasteiger partial charge in [0.05, 0.1) is 17.5 Å². The summed E-state index contributed by atoms with van der Waals surface area (Å²) in [5.74, 6) is -2.62. The number of carbonyl (C=O) groups excluding carboxylic acids is 4. The molecule has 1 aliphatic rings. The Balaban J connectivity index is 1.29. The Bertz CT molecular complexity index is 2180. The first kappa shape index (κ1) is 46.8. The van der Waals surface area contributed by atoms with Crippen LogP contribution >= 0.6 is 11.8 Å². The fourth-order valence-corrected chi connectivity index (χ4v) is 10.2. The summed E-state index contributed by atoms with van der Waals surface area (Å²) >= 11 is 1.45. The first-order valence-corrected chi connectivity index (χ1v) is 26.3. The van der Waals surface area contributed by atoms with Gasteiger partial charge in [0.15, 0.2) is 0 Å². The monoisotopic (exact) mass is 885 g/mol. The maximum Gasteiger partial charge on any atom is 0.407 e. The first-order valence-electron chi connectivity index (χ1n) is 21.6. The third-order valence-corrected chi connectivity index (χ3v) is 14.7. The average molecular weight is 886 g/mol. The number of fused-ring (bicyclic) bond motifs is 3. The minimum Gasteiger partial charge on any atom is -0.464 e. The molecular formula is C51H59N3O7SSi. The van der Waals surface area contributed by atoms with Crippen LogP contribution in [0.2, 0.25) is 25.7 Å². The summed E-state index contributed by atoms with van der Waals surface area (Å²) in [6.07, 6.45) is -2.19. The summed E-state index contributed by atoms with van der Waals surface area (Å²) < 4.78 is 10.7. The molecule has 5 aromatic rings. The van der Waals surface area contributed by atoms with E-state index in [0.29, 0.717) is 0 Å². The number of alkyl carbamates (subject to hydrolysis) is 1. The number of thioether (sulfide) groups is 1. The zero-order chi connectivity index (χ0) is 45.1. The molecule has 0 bridgehead atoms. The van der Waals surface area contributed by atoms with E-state index in [0.717, 1.165) is 45.0 Å². The van der Waals surface area contributed by atoms with Gasteiger partial charge in [-0.1, -0.05) is 173 Å². The molecular weight excluding hydrogens is 827 g/mol. The van der Waals surface area contributed by atoms with E-state index in [1.165, 1.54) is 18.7 Å². The van der Waals surface area contributed by atoms with E-state index in [4.69, 9.17) is 9.47 Å². The molecule has 63 heavy (non-hydrogen) atoms. The topological polar surface area (TPSA) is 143 Å². The van der Waals surface area contributed by atoms with Crippen molar-refractivity contribution in [2.45, 2.75) is 81.4 Å². The fraction of sp³-hybridized carbons (Fsp3) is 0.333. The molecule has 12 heteroatoms. The second kappa shape index (κ2) is 21.1. The lowest BCUT2D eigenvalue weighted by Gasteiger charge is -2.36. The van der Waals surface area contributed by atoms with Crippen LogP contribution in [0.25, 0.3) is 11.1 Å². The van der Waals surface area contributed by atoms with Crippen molar-refractivity contribution in [3.63, 3.8) is 0 Å². The minimum atomic E-state index is -1.50. The molecule has 0 aromatic heterocycles. The van der Waals surface area contributed by atoms with Crippen molar-refractivity contribution in [1.29, 1.82) is 0 Å². The molecule has 6 rings (SSSR count). The van der Waals surface area contributed by atoms with Gasteiger partial charge in [0.2, 0.25) is 11.8 Å². The SMILES string of the molecule is CC(C)[C@H](NC(=O)[C@@H](NC(=O)[C@@H](CSC(c1ccccc1)(c1ccccc1)c1ccccc1)NC(=O)OCC1c2ccccc2-c2ccccc21)[C@@H](C)O)C(=O)OCC[Si](C)(C)C. The van der Waals surface area contributed by atoms with E-state index in [1.54, 1.807) is 13.8 Å². The number of ether oxygens (including phenoxy) is 2. The molecule has 0 spiro atoms. The Morgan fingerprint density at radius 3 is 1.56 bits per heavy atom. The number of esters is 1. The normalized spacial score (nSPS) is 14.3. The Kier molecular flexibility index (Phi) is 15.7. The highest BCUT2D eigenvalue weighted by atomic mass is 32.2. The van der Waals surface area contributed by atoms with E-state index in [-0.39, 0.29) is 30.8 Å². The van der Waals surface area contributed by atoms with E-state index in [1.807, 2.05) is 127 Å². The summed E-state index contributed by atoms with van der Waals surface area (Å²) in [5.41, 5.74) is 7.09. The molecule has 0 radical (unpaired) electrons. The van der Waals surface area contributed by atoms with Gasteiger partial charge >= 0.3 is 12.1 Å². The first-order chi connectivity index (χ1) is 30.2. The minimum absolute atomic E-state index is 0.0148. The van der Waals surface area contributed by atoms with Crippen molar-refractivity contribution in [2.75, 3.05) is 19.0 Å². The van der Waals surface area contributed by atoms with Crippen LogP contribution in [0.3, 0.4) is 0 Å². The molecule has 0 aliphatic heterocycles. The van der Waals surface area contributed by atoms with Crippen LogP contribution in [0.4, 0.5) is 4.79 Å². The number of carbonyl (C=O) groups is 4. The van der Waals surface area contributed by atoms with Crippen molar-refractivity contribution in [3.05, 3.63) is 167 Å². The molecule has 330 valence electrons. The third kappa shape index (κ3) is 11.5. The standard InChI is InChI=1S/C51H59N3O7SSi/c1-34(2)45(49(58)60-30-31-63(4,5)6)53-48(57)46(35(3)55)54-47(56)44(52-50(59)61-32-43-41-28-18-16-26-39(41)40-27-17-19-29-42(40)43)33-62-51(36-20-10-7-11-21-36,37-22-12-8-13-23-37)38-24-14-9-15-25-38/h7-29,34-35,43-46,55H,30-33H2,1-6H3,(H,52,59)(H,53,57)(H,54,56)/t35-,44-,45+,46+/m1/s1. The van der Waals surface area contributed by atoms with Gasteiger partial charge in [0, 0.05) is 19.7 Å². The maximum absolute atomic E-state index is 14.6. The molecule has 0 fully saturated rings. The van der Waals surface area contributed by atoms with Crippen LogP contribution in [0.15, 0.2) is 140 Å². The smallest absolute Gasteiger partial charge is 0.407 e. The van der Waals surface area contributed by atoms with Gasteiger partial charge in [0.25, 0.3) is 0 Å². The molecule has 10 nitrogen and oxygen atoms in total. The van der Waals surface area contributed by atoms with Gasteiger partial charge < -0.3 is 30.5 Å². The number of hydrogen-bond donors (Lipinski definition) is 4. The molecule has 0 heterocycles. The Labute approximate surface area is 376 Å². The van der Waals surface area contributed by atoms with Gasteiger partial charge in [-0.2, -0.15) is 0 Å². The second-order valence-electron chi connectivity index (χ2n) is 17.5. The lowest BCUT2D eigenvalue weighted by atomic mass is 9.84.